The summed E-state index contributed by atoms with van der Waals surface area (Å²) in [6, 6.07) is 0. The molecule has 0 aromatic carbocycles. The van der Waals surface area contributed by atoms with Crippen LogP contribution in [0.1, 0.15) is 33.6 Å². The molecule has 3 nitrogen and oxygen atoms in total. The van der Waals surface area contributed by atoms with E-state index in [2.05, 4.69) is 15.9 Å². The predicted octanol–water partition coefficient (Wildman–Crippen LogP) is 3.40. The van der Waals surface area contributed by atoms with Crippen LogP contribution in [-0.4, -0.2) is 35.1 Å². The van der Waals surface area contributed by atoms with Crippen molar-refractivity contribution in [1.82, 2.24) is 4.90 Å². The maximum Gasteiger partial charge on any atom is 0.293 e. The second-order valence-corrected chi connectivity index (χ2v) is 5.34. The maximum absolute atomic E-state index is 13.0. The number of carbonyl (C=O) groups is 2. The zero-order valence-corrected chi connectivity index (χ0v) is 13.5. The molecule has 0 bridgehead atoms. The largest absolute Gasteiger partial charge is 0.313 e. The average Bonchev–Trinajstić information content (AvgIpc) is 2.44. The van der Waals surface area contributed by atoms with Crippen molar-refractivity contribution in [3.8, 4) is 0 Å². The molecule has 19 heavy (non-hydrogen) atoms. The molecular weight excluding hydrogens is 313 g/mol. The van der Waals surface area contributed by atoms with E-state index in [4.69, 9.17) is 0 Å². The first-order chi connectivity index (χ1) is 8.88. The van der Waals surface area contributed by atoms with E-state index in [9.17, 15) is 14.0 Å². The Hall–Kier alpha value is -0.970. The summed E-state index contributed by atoms with van der Waals surface area (Å²) in [5.74, 6) is -1.08. The molecule has 0 N–H and O–H groups in total. The van der Waals surface area contributed by atoms with Gasteiger partial charge in [0.05, 0.1) is 0 Å². The zero-order valence-electron chi connectivity index (χ0n) is 11.9. The molecule has 0 heterocycles. The number of hydrogen-bond acceptors (Lipinski definition) is 2. The predicted molar refractivity (Wildman–Crippen MR) is 78.9 cm³/mol. The fourth-order valence-electron chi connectivity index (χ4n) is 1.32. The molecule has 5 heteroatoms. The van der Waals surface area contributed by atoms with Crippen LogP contribution in [0.25, 0.3) is 0 Å². The number of nitrogens with zero attached hydrogens (tertiary/aromatic N) is 1. The number of carbonyl (C=O) groups excluding carboxylic acids is 2. The highest BCUT2D eigenvalue weighted by Gasteiger charge is 2.19. The fraction of sp³-hybridized carbons (Fsp3) is 0.571. The van der Waals surface area contributed by atoms with Crippen LogP contribution in [0.5, 0.6) is 0 Å². The van der Waals surface area contributed by atoms with Gasteiger partial charge in [-0.15, -0.1) is 0 Å². The number of likely N-dealkylation sites (N-methyl/N-ethyl adjacent to an activating group) is 1. The lowest BCUT2D eigenvalue weighted by molar-refractivity contribution is -0.142. The SMILES string of the molecule is CCC(=O)C(=O)N(C)/C(C)=C(/C=C/C(Br)CC)CF. The van der Waals surface area contributed by atoms with Gasteiger partial charge in [-0.05, 0) is 13.3 Å². The van der Waals surface area contributed by atoms with Gasteiger partial charge in [-0.25, -0.2) is 4.39 Å². The maximum atomic E-state index is 13.0. The molecule has 0 radical (unpaired) electrons. The molecule has 0 aromatic heterocycles. The molecular formula is C14H21BrFNO2. The van der Waals surface area contributed by atoms with Crippen molar-refractivity contribution in [3.05, 3.63) is 23.4 Å². The fourth-order valence-corrected chi connectivity index (χ4v) is 1.48. The van der Waals surface area contributed by atoms with E-state index in [0.29, 0.717) is 11.3 Å². The molecule has 1 unspecified atom stereocenters. The summed E-state index contributed by atoms with van der Waals surface area (Å²) in [7, 11) is 1.49. The first-order valence-electron chi connectivity index (χ1n) is 6.27. The quantitative estimate of drug-likeness (QED) is 0.407. The Labute approximate surface area is 122 Å². The minimum absolute atomic E-state index is 0.149. The molecule has 0 aliphatic rings. The van der Waals surface area contributed by atoms with Crippen molar-refractivity contribution < 1.29 is 14.0 Å². The molecule has 0 spiro atoms. The Morgan fingerprint density at radius 2 is 1.95 bits per heavy atom. The Balaban J connectivity index is 5.11. The molecule has 1 amide bonds. The highest BCUT2D eigenvalue weighted by Crippen LogP contribution is 2.14. The van der Waals surface area contributed by atoms with Gasteiger partial charge in [0.25, 0.3) is 5.91 Å². The molecule has 0 rings (SSSR count). The van der Waals surface area contributed by atoms with Gasteiger partial charge in [-0.3, -0.25) is 9.59 Å². The molecule has 0 aliphatic carbocycles. The number of Topliss-reactive ketones (excluding diaryl/α,β-unsaturated/α-hetero) is 1. The van der Waals surface area contributed by atoms with Crippen LogP contribution in [0.3, 0.4) is 0 Å². The lowest BCUT2D eigenvalue weighted by atomic mass is 10.1. The lowest BCUT2D eigenvalue weighted by Crippen LogP contribution is -2.32. The van der Waals surface area contributed by atoms with Crippen LogP contribution in [0.15, 0.2) is 23.4 Å². The second-order valence-electron chi connectivity index (χ2n) is 4.17. The monoisotopic (exact) mass is 333 g/mol. The van der Waals surface area contributed by atoms with Gasteiger partial charge in [-0.2, -0.15) is 0 Å². The van der Waals surface area contributed by atoms with Crippen LogP contribution < -0.4 is 0 Å². The van der Waals surface area contributed by atoms with Crippen LogP contribution in [0.2, 0.25) is 0 Å². The second kappa shape index (κ2) is 9.02. The molecule has 1 atom stereocenters. The average molecular weight is 334 g/mol. The van der Waals surface area contributed by atoms with Gasteiger partial charge in [0.2, 0.25) is 5.78 Å². The van der Waals surface area contributed by atoms with Crippen LogP contribution in [-0.2, 0) is 9.59 Å². The van der Waals surface area contributed by atoms with E-state index in [0.717, 1.165) is 6.42 Å². The van der Waals surface area contributed by atoms with E-state index >= 15 is 0 Å². The van der Waals surface area contributed by atoms with E-state index in [1.807, 2.05) is 13.0 Å². The number of hydrogen-bond donors (Lipinski definition) is 0. The van der Waals surface area contributed by atoms with E-state index in [1.54, 1.807) is 19.9 Å². The standard InChI is InChI=1S/C14H21BrFNO2/c1-5-12(15)8-7-11(9-16)10(3)17(4)14(19)13(18)6-2/h7-8,12H,5-6,9H2,1-4H3/b8-7+,11-10-. The summed E-state index contributed by atoms with van der Waals surface area (Å²) in [4.78, 5) is 24.4. The molecule has 0 aliphatic heterocycles. The molecule has 0 saturated carbocycles. The smallest absolute Gasteiger partial charge is 0.293 e. The van der Waals surface area contributed by atoms with Crippen LogP contribution in [0.4, 0.5) is 4.39 Å². The number of rotatable bonds is 7. The number of amides is 1. The Morgan fingerprint density at radius 3 is 2.37 bits per heavy atom. The summed E-state index contributed by atoms with van der Waals surface area (Å²) in [5.41, 5.74) is 0.860. The minimum atomic E-state index is -0.677. The topological polar surface area (TPSA) is 37.4 Å². The van der Waals surface area contributed by atoms with Crippen LogP contribution >= 0.6 is 15.9 Å². The Bertz CT molecular complexity index is 391. The van der Waals surface area contributed by atoms with Gasteiger partial charge in [0.1, 0.15) is 6.67 Å². The van der Waals surface area contributed by atoms with Gasteiger partial charge >= 0.3 is 0 Å². The minimum Gasteiger partial charge on any atom is -0.313 e. The van der Waals surface area contributed by atoms with Crippen molar-refractivity contribution in [3.63, 3.8) is 0 Å². The molecule has 108 valence electrons. The van der Waals surface area contributed by atoms with Gasteiger partial charge in [0, 0.05) is 29.6 Å². The van der Waals surface area contributed by atoms with Crippen molar-refractivity contribution in [2.75, 3.05) is 13.7 Å². The van der Waals surface area contributed by atoms with Gasteiger partial charge in [-0.1, -0.05) is 41.9 Å². The number of alkyl halides is 2. The summed E-state index contributed by atoms with van der Waals surface area (Å²) in [6.45, 7) is 4.59. The van der Waals surface area contributed by atoms with E-state index < -0.39 is 18.4 Å². The third kappa shape index (κ3) is 5.68. The molecule has 0 aromatic rings. The van der Waals surface area contributed by atoms with Gasteiger partial charge < -0.3 is 4.90 Å². The summed E-state index contributed by atoms with van der Waals surface area (Å²) < 4.78 is 13.0. The zero-order chi connectivity index (χ0) is 15.0. The van der Waals surface area contributed by atoms with Crippen molar-refractivity contribution in [2.45, 2.75) is 38.4 Å². The number of halogens is 2. The third-order valence-electron chi connectivity index (χ3n) is 2.87. The van der Waals surface area contributed by atoms with Gasteiger partial charge in [0.15, 0.2) is 0 Å². The molecule has 0 fully saturated rings. The first kappa shape index (κ1) is 18.0. The number of ketones is 1. The van der Waals surface area contributed by atoms with Crippen molar-refractivity contribution in [2.24, 2.45) is 0 Å². The number of allylic oxidation sites excluding steroid dienone is 4. The Morgan fingerprint density at radius 1 is 1.37 bits per heavy atom. The lowest BCUT2D eigenvalue weighted by Gasteiger charge is -2.19. The summed E-state index contributed by atoms with van der Waals surface area (Å²) >= 11 is 3.42. The molecule has 0 saturated heterocycles. The van der Waals surface area contributed by atoms with Crippen molar-refractivity contribution >= 4 is 27.6 Å². The van der Waals surface area contributed by atoms with Crippen LogP contribution in [0, 0.1) is 0 Å². The third-order valence-corrected chi connectivity index (χ3v) is 3.83. The van der Waals surface area contributed by atoms with E-state index in [1.165, 1.54) is 11.9 Å². The highest BCUT2D eigenvalue weighted by molar-refractivity contribution is 9.09. The van der Waals surface area contributed by atoms with E-state index in [-0.39, 0.29) is 11.2 Å². The summed E-state index contributed by atoms with van der Waals surface area (Å²) in [6.07, 6.45) is 4.52. The first-order valence-corrected chi connectivity index (χ1v) is 7.19. The Kier molecular flexibility index (Phi) is 8.56. The van der Waals surface area contributed by atoms with Crippen molar-refractivity contribution in [1.29, 1.82) is 0 Å². The normalized spacial score (nSPS) is 14.2. The highest BCUT2D eigenvalue weighted by atomic mass is 79.9. The summed E-state index contributed by atoms with van der Waals surface area (Å²) in [5, 5.41) is 0.